The molecular formula is C23H32N6O. The van der Waals surface area contributed by atoms with Crippen molar-refractivity contribution in [1.82, 2.24) is 19.9 Å². The highest BCUT2D eigenvalue weighted by Crippen LogP contribution is 2.28. The maximum Gasteiger partial charge on any atom is 0.163 e. The van der Waals surface area contributed by atoms with Crippen molar-refractivity contribution >= 4 is 17.3 Å². The molecule has 1 fully saturated rings. The van der Waals surface area contributed by atoms with Gasteiger partial charge in [0, 0.05) is 24.7 Å². The quantitative estimate of drug-likeness (QED) is 0.456. The van der Waals surface area contributed by atoms with Crippen LogP contribution in [0.3, 0.4) is 0 Å². The Bertz CT molecular complexity index is 970. The van der Waals surface area contributed by atoms with Crippen LogP contribution in [0.2, 0.25) is 0 Å². The van der Waals surface area contributed by atoms with Crippen LogP contribution in [0.5, 0.6) is 0 Å². The van der Waals surface area contributed by atoms with Crippen molar-refractivity contribution in [2.75, 3.05) is 23.7 Å². The van der Waals surface area contributed by atoms with Gasteiger partial charge in [-0.15, -0.1) is 0 Å². The first-order valence-corrected chi connectivity index (χ1v) is 10.9. The number of benzene rings is 1. The molecule has 4 N–H and O–H groups in total. The summed E-state index contributed by atoms with van der Waals surface area (Å²) < 4.78 is 1.90. The van der Waals surface area contributed by atoms with Gasteiger partial charge in [0.25, 0.3) is 0 Å². The molecule has 0 amide bonds. The van der Waals surface area contributed by atoms with Crippen LogP contribution in [0.15, 0.2) is 42.6 Å². The van der Waals surface area contributed by atoms with Crippen LogP contribution < -0.4 is 16.0 Å². The molecule has 160 valence electrons. The lowest BCUT2D eigenvalue weighted by atomic mass is 10.0. The predicted molar refractivity (Wildman–Crippen MR) is 121 cm³/mol. The molecule has 3 unspecified atom stereocenters. The Balaban J connectivity index is 1.73. The van der Waals surface area contributed by atoms with E-state index < -0.39 is 6.10 Å². The maximum atomic E-state index is 10.2. The van der Waals surface area contributed by atoms with E-state index in [0.29, 0.717) is 12.5 Å². The highest BCUT2D eigenvalue weighted by Gasteiger charge is 2.26. The summed E-state index contributed by atoms with van der Waals surface area (Å²) in [4.78, 5) is 4.85. The van der Waals surface area contributed by atoms with E-state index >= 15 is 0 Å². The molecule has 30 heavy (non-hydrogen) atoms. The number of hydrogen-bond donors (Lipinski definition) is 4. The Morgan fingerprint density at radius 1 is 1.23 bits per heavy atom. The highest BCUT2D eigenvalue weighted by atomic mass is 16.3. The summed E-state index contributed by atoms with van der Waals surface area (Å²) in [5, 5.41) is 25.2. The van der Waals surface area contributed by atoms with Crippen LogP contribution in [0, 0.1) is 0 Å². The zero-order chi connectivity index (χ0) is 21.1. The third-order valence-electron chi connectivity index (χ3n) is 5.74. The van der Waals surface area contributed by atoms with Crippen LogP contribution in [0.1, 0.15) is 56.7 Å². The molecule has 7 heteroatoms. The number of aliphatic hydroxyl groups excluding tert-OH is 1. The summed E-state index contributed by atoms with van der Waals surface area (Å²) in [7, 11) is 0. The summed E-state index contributed by atoms with van der Waals surface area (Å²) in [6.45, 7) is 7.82. The van der Waals surface area contributed by atoms with Crippen LogP contribution in [0.25, 0.3) is 5.65 Å². The van der Waals surface area contributed by atoms with Crippen LogP contribution in [-0.4, -0.2) is 44.9 Å². The zero-order valence-corrected chi connectivity index (χ0v) is 18.0. The number of aliphatic hydroxyl groups is 1. The Kier molecular flexibility index (Phi) is 6.20. The van der Waals surface area contributed by atoms with Gasteiger partial charge in [0.1, 0.15) is 11.6 Å². The van der Waals surface area contributed by atoms with Gasteiger partial charge in [-0.05, 0) is 17.9 Å². The number of fused-ring (bicyclic) bond motifs is 1. The van der Waals surface area contributed by atoms with E-state index in [1.165, 1.54) is 5.56 Å². The fraction of sp³-hybridized carbons (Fsp3) is 0.478. The van der Waals surface area contributed by atoms with Gasteiger partial charge in [0.15, 0.2) is 5.65 Å². The summed E-state index contributed by atoms with van der Waals surface area (Å²) in [6, 6.07) is 12.6. The number of rotatable bonds is 8. The van der Waals surface area contributed by atoms with Gasteiger partial charge in [-0.3, -0.25) is 0 Å². The van der Waals surface area contributed by atoms with E-state index in [0.717, 1.165) is 42.2 Å². The van der Waals surface area contributed by atoms with Crippen LogP contribution in [-0.2, 0) is 0 Å². The molecule has 7 nitrogen and oxygen atoms in total. The number of β-amino-alcohol motifs (C(OH)–C–C–N with tert-alkyl or cyclic N) is 1. The molecule has 0 spiro atoms. The second kappa shape index (κ2) is 9.02. The predicted octanol–water partition coefficient (Wildman–Crippen LogP) is 3.55. The van der Waals surface area contributed by atoms with Crippen molar-refractivity contribution < 1.29 is 5.11 Å². The third kappa shape index (κ3) is 4.27. The normalized spacial score (nSPS) is 20.0. The molecule has 1 aromatic carbocycles. The number of hydrogen-bond acceptors (Lipinski definition) is 6. The highest BCUT2D eigenvalue weighted by molar-refractivity contribution is 5.61. The average Bonchev–Trinajstić information content (AvgIpc) is 3.35. The molecule has 1 saturated heterocycles. The molecule has 0 saturated carbocycles. The van der Waals surface area contributed by atoms with Crippen molar-refractivity contribution in [3.05, 3.63) is 53.7 Å². The molecule has 0 aliphatic carbocycles. The maximum absolute atomic E-state index is 10.2. The Hall–Kier alpha value is -2.64. The zero-order valence-electron chi connectivity index (χ0n) is 18.0. The number of anilines is 2. The van der Waals surface area contributed by atoms with Crippen molar-refractivity contribution in [2.24, 2.45) is 0 Å². The van der Waals surface area contributed by atoms with Crippen LogP contribution in [0.4, 0.5) is 11.6 Å². The SMILES string of the molecule is CCCC(Nc1cc(NC2CNCC2O)nc2c(C(C)C)cnn12)c1ccccc1. The van der Waals surface area contributed by atoms with Crippen LogP contribution >= 0.6 is 0 Å². The van der Waals surface area contributed by atoms with E-state index in [9.17, 15) is 5.11 Å². The van der Waals surface area contributed by atoms with Gasteiger partial charge in [0.2, 0.25) is 0 Å². The summed E-state index contributed by atoms with van der Waals surface area (Å²) >= 11 is 0. The Morgan fingerprint density at radius 2 is 2.03 bits per heavy atom. The first-order chi connectivity index (χ1) is 14.6. The summed E-state index contributed by atoms with van der Waals surface area (Å²) in [5.74, 6) is 1.97. The van der Waals surface area contributed by atoms with Crippen molar-refractivity contribution in [2.45, 2.75) is 57.7 Å². The second-order valence-electron chi connectivity index (χ2n) is 8.39. The van der Waals surface area contributed by atoms with Gasteiger partial charge in [0.05, 0.1) is 24.4 Å². The minimum Gasteiger partial charge on any atom is -0.390 e. The molecular weight excluding hydrogens is 376 g/mol. The molecule has 3 heterocycles. The van der Waals surface area contributed by atoms with E-state index in [4.69, 9.17) is 4.98 Å². The van der Waals surface area contributed by atoms with E-state index in [1.807, 2.05) is 22.8 Å². The molecule has 0 bridgehead atoms. The van der Waals surface area contributed by atoms with Gasteiger partial charge < -0.3 is 21.1 Å². The van der Waals surface area contributed by atoms with E-state index in [2.05, 4.69) is 66.1 Å². The minimum absolute atomic E-state index is 0.0567. The second-order valence-corrected chi connectivity index (χ2v) is 8.39. The minimum atomic E-state index is -0.425. The summed E-state index contributed by atoms with van der Waals surface area (Å²) in [6.07, 6.45) is 3.57. The lowest BCUT2D eigenvalue weighted by molar-refractivity contribution is 0.185. The monoisotopic (exact) mass is 408 g/mol. The lowest BCUT2D eigenvalue weighted by Crippen LogP contribution is -2.32. The standard InChI is InChI=1S/C23H32N6O/c1-4-8-18(16-9-6-5-7-10-16)27-22-11-21(26-19-13-24-14-20(19)30)28-23-17(15(2)3)12-25-29(22)23/h5-7,9-12,15,18-20,24,27,30H,4,8,13-14H2,1-3H3,(H,26,28). The van der Waals surface area contributed by atoms with Gasteiger partial charge >= 0.3 is 0 Å². The smallest absolute Gasteiger partial charge is 0.163 e. The van der Waals surface area contributed by atoms with Crippen molar-refractivity contribution in [1.29, 1.82) is 0 Å². The largest absolute Gasteiger partial charge is 0.390 e. The number of nitrogens with zero attached hydrogens (tertiary/aromatic N) is 3. The molecule has 1 aliphatic rings. The lowest BCUT2D eigenvalue weighted by Gasteiger charge is -2.22. The Morgan fingerprint density at radius 3 is 2.70 bits per heavy atom. The van der Waals surface area contributed by atoms with Crippen molar-refractivity contribution in [3.63, 3.8) is 0 Å². The van der Waals surface area contributed by atoms with E-state index in [1.54, 1.807) is 0 Å². The third-order valence-corrected chi connectivity index (χ3v) is 5.74. The summed E-state index contributed by atoms with van der Waals surface area (Å²) in [5.41, 5.74) is 3.21. The fourth-order valence-electron chi connectivity index (χ4n) is 4.04. The molecule has 4 rings (SSSR count). The molecule has 3 aromatic rings. The number of aromatic nitrogens is 3. The topological polar surface area (TPSA) is 86.5 Å². The molecule has 3 atom stereocenters. The van der Waals surface area contributed by atoms with E-state index in [-0.39, 0.29) is 12.1 Å². The molecule has 0 radical (unpaired) electrons. The average molecular weight is 409 g/mol. The van der Waals surface area contributed by atoms with Gasteiger partial charge in [-0.1, -0.05) is 57.5 Å². The van der Waals surface area contributed by atoms with Gasteiger partial charge in [-0.2, -0.15) is 9.61 Å². The first kappa shape index (κ1) is 20.6. The van der Waals surface area contributed by atoms with Crippen molar-refractivity contribution in [3.8, 4) is 0 Å². The number of nitrogens with one attached hydrogen (secondary N) is 3. The molecule has 2 aromatic heterocycles. The first-order valence-electron chi connectivity index (χ1n) is 10.9. The fourth-order valence-corrected chi connectivity index (χ4v) is 4.04. The van der Waals surface area contributed by atoms with Gasteiger partial charge in [-0.25, -0.2) is 4.98 Å². The Labute approximate surface area is 177 Å². The molecule has 1 aliphatic heterocycles.